The molecule has 7 atom stereocenters. The summed E-state index contributed by atoms with van der Waals surface area (Å²) < 4.78 is 10.9. The Morgan fingerprint density at radius 3 is 2.32 bits per heavy atom. The number of aliphatic hydroxyl groups is 2. The number of nitrogens with two attached hydrogens (primary N) is 1. The molecule has 1 heterocycles. The number of ketones is 2. The molecule has 0 saturated carbocycles. The van der Waals surface area contributed by atoms with Crippen LogP contribution in [0, 0.1) is 17.8 Å². The molecule has 0 radical (unpaired) electrons. The molecule has 0 aromatic rings. The number of primary amides is 1. The normalized spacial score (nSPS) is 32.0. The van der Waals surface area contributed by atoms with E-state index < -0.39 is 59.8 Å². The van der Waals surface area contributed by atoms with Gasteiger partial charge in [-0.1, -0.05) is 45.1 Å². The lowest BCUT2D eigenvalue weighted by atomic mass is 9.84. The van der Waals surface area contributed by atoms with Crippen molar-refractivity contribution in [2.24, 2.45) is 23.5 Å². The highest BCUT2D eigenvalue weighted by Gasteiger charge is 2.35. The number of amides is 2. The lowest BCUT2D eigenvalue weighted by molar-refractivity contribution is -0.120. The van der Waals surface area contributed by atoms with Crippen molar-refractivity contribution >= 4 is 23.6 Å². The Balaban J connectivity index is 2.55. The maximum absolute atomic E-state index is 13.2. The number of methoxy groups -OCH3 is 1. The van der Waals surface area contributed by atoms with Crippen LogP contribution in [0.1, 0.15) is 41.0 Å². The molecule has 2 amide bonds. The second-order valence-corrected chi connectivity index (χ2v) is 9.99. The van der Waals surface area contributed by atoms with E-state index in [4.69, 9.17) is 15.2 Å². The second-order valence-electron chi connectivity index (χ2n) is 9.99. The molecule has 10 heteroatoms. The number of Topliss-reactive ketones (excluding diaryl/α,β-unsaturated/α-hetero) is 1. The third-order valence-electron chi connectivity index (χ3n) is 6.78. The molecule has 38 heavy (non-hydrogen) atoms. The van der Waals surface area contributed by atoms with Gasteiger partial charge in [0.25, 0.3) is 5.91 Å². The standard InChI is InChI=1S/C28H38N2O8/c1-14-8-7-9-15(2)27(35)30-21-13-19(31)12-20(24(21)34)26(37-6)18(5)11-22(32)23(33)16(3)10-17(4)25(14)38-28(29)36/h7-10,12-14,16,18,22-23,25-26,32-33H,11H2,1-6H3,(H2,29,36)(H,30,35). The van der Waals surface area contributed by atoms with E-state index in [1.807, 2.05) is 0 Å². The number of ether oxygens (including phenoxy) is 2. The Bertz CT molecular complexity index is 1100. The summed E-state index contributed by atoms with van der Waals surface area (Å²) in [5.41, 5.74) is 6.03. The van der Waals surface area contributed by atoms with Gasteiger partial charge in [0, 0.05) is 36.2 Å². The average molecular weight is 531 g/mol. The lowest BCUT2D eigenvalue weighted by Crippen LogP contribution is -2.39. The maximum Gasteiger partial charge on any atom is 0.405 e. The van der Waals surface area contributed by atoms with E-state index in [1.165, 1.54) is 13.2 Å². The molecule has 208 valence electrons. The molecule has 2 aliphatic rings. The van der Waals surface area contributed by atoms with Crippen LogP contribution < -0.4 is 11.1 Å². The van der Waals surface area contributed by atoms with Crippen LogP contribution in [-0.4, -0.2) is 65.3 Å². The molecular formula is C28H38N2O8. The molecule has 5 N–H and O–H groups in total. The van der Waals surface area contributed by atoms with Crippen LogP contribution in [0.25, 0.3) is 0 Å². The van der Waals surface area contributed by atoms with Gasteiger partial charge in [-0.3, -0.25) is 14.4 Å². The average Bonchev–Trinajstić information content (AvgIpc) is 2.83. The van der Waals surface area contributed by atoms with E-state index >= 15 is 0 Å². The monoisotopic (exact) mass is 530 g/mol. The Hall–Kier alpha value is -3.34. The summed E-state index contributed by atoms with van der Waals surface area (Å²) in [6.45, 7) is 8.52. The zero-order valence-electron chi connectivity index (χ0n) is 22.6. The first-order valence-corrected chi connectivity index (χ1v) is 12.5. The minimum absolute atomic E-state index is 0.0450. The van der Waals surface area contributed by atoms with Gasteiger partial charge in [0.15, 0.2) is 5.78 Å². The zero-order valence-corrected chi connectivity index (χ0v) is 22.6. The third kappa shape index (κ3) is 7.83. The van der Waals surface area contributed by atoms with Crippen molar-refractivity contribution in [1.82, 2.24) is 5.32 Å². The van der Waals surface area contributed by atoms with Gasteiger partial charge in [-0.05, 0) is 37.8 Å². The van der Waals surface area contributed by atoms with Crippen molar-refractivity contribution in [2.75, 3.05) is 7.11 Å². The van der Waals surface area contributed by atoms with Crippen molar-refractivity contribution in [2.45, 2.75) is 65.5 Å². The number of hydrogen-bond donors (Lipinski definition) is 4. The second kappa shape index (κ2) is 13.5. The summed E-state index contributed by atoms with van der Waals surface area (Å²) in [5, 5.41) is 24.2. The number of hydrogen-bond acceptors (Lipinski definition) is 8. The summed E-state index contributed by atoms with van der Waals surface area (Å²) in [7, 11) is 1.38. The predicted octanol–water partition coefficient (Wildman–Crippen LogP) is 2.03. The molecule has 1 aliphatic heterocycles. The van der Waals surface area contributed by atoms with Gasteiger partial charge < -0.3 is 30.7 Å². The molecule has 0 fully saturated rings. The van der Waals surface area contributed by atoms with Crippen molar-refractivity contribution in [3.8, 4) is 0 Å². The maximum atomic E-state index is 13.2. The van der Waals surface area contributed by atoms with Gasteiger partial charge in [-0.2, -0.15) is 0 Å². The van der Waals surface area contributed by atoms with Crippen molar-refractivity contribution < 1.29 is 38.9 Å². The summed E-state index contributed by atoms with van der Waals surface area (Å²) in [4.78, 5) is 49.9. The summed E-state index contributed by atoms with van der Waals surface area (Å²) in [6.07, 6.45) is 3.82. The molecule has 0 saturated heterocycles. The highest BCUT2D eigenvalue weighted by molar-refractivity contribution is 6.22. The largest absolute Gasteiger partial charge is 0.441 e. The number of carbonyl (C=O) groups is 4. The van der Waals surface area contributed by atoms with E-state index in [0.29, 0.717) is 5.57 Å². The molecule has 0 aromatic heterocycles. The van der Waals surface area contributed by atoms with E-state index in [2.05, 4.69) is 5.32 Å². The number of fused-ring (bicyclic) bond motifs is 2. The van der Waals surface area contributed by atoms with E-state index in [-0.39, 0.29) is 29.2 Å². The Kier molecular flexibility index (Phi) is 10.9. The van der Waals surface area contributed by atoms with Gasteiger partial charge in [0.2, 0.25) is 5.78 Å². The number of aliphatic hydroxyl groups excluding tert-OH is 2. The highest BCUT2D eigenvalue weighted by Crippen LogP contribution is 2.28. The van der Waals surface area contributed by atoms with Crippen LogP contribution in [0.5, 0.6) is 0 Å². The fourth-order valence-corrected chi connectivity index (χ4v) is 4.71. The summed E-state index contributed by atoms with van der Waals surface area (Å²) >= 11 is 0. The topological polar surface area (TPSA) is 165 Å². The smallest absolute Gasteiger partial charge is 0.405 e. The van der Waals surface area contributed by atoms with Crippen LogP contribution in [-0.2, 0) is 23.9 Å². The van der Waals surface area contributed by atoms with Gasteiger partial charge in [0.1, 0.15) is 6.10 Å². The van der Waals surface area contributed by atoms with E-state index in [0.717, 1.165) is 12.2 Å². The number of carbonyl (C=O) groups excluding carboxylic acids is 4. The molecule has 2 bridgehead atoms. The van der Waals surface area contributed by atoms with E-state index in [1.54, 1.807) is 52.8 Å². The Morgan fingerprint density at radius 2 is 1.71 bits per heavy atom. The summed E-state index contributed by atoms with van der Waals surface area (Å²) in [6, 6.07) is 0. The van der Waals surface area contributed by atoms with Crippen LogP contribution in [0.3, 0.4) is 0 Å². The number of allylic oxidation sites excluding steroid dienone is 5. The van der Waals surface area contributed by atoms with Crippen molar-refractivity contribution in [3.63, 3.8) is 0 Å². The summed E-state index contributed by atoms with van der Waals surface area (Å²) in [5.74, 6) is -3.02. The van der Waals surface area contributed by atoms with Crippen LogP contribution >= 0.6 is 0 Å². The SMILES string of the molecule is COC1C2=CC(=O)C=C(NC(=O)C(C)=CC=CC(C)C(OC(N)=O)C(C)=CC(C)C(O)C(O)CC1C)C2=O. The number of rotatable bonds is 2. The molecule has 2 rings (SSSR count). The Morgan fingerprint density at radius 1 is 1.05 bits per heavy atom. The lowest BCUT2D eigenvalue weighted by Gasteiger charge is -2.30. The fraction of sp³-hybridized carbons (Fsp3) is 0.500. The fourth-order valence-electron chi connectivity index (χ4n) is 4.71. The molecular weight excluding hydrogens is 492 g/mol. The first-order chi connectivity index (χ1) is 17.8. The van der Waals surface area contributed by atoms with Crippen molar-refractivity contribution in [3.05, 3.63) is 58.9 Å². The quantitative estimate of drug-likeness (QED) is 0.311. The molecule has 0 aromatic carbocycles. The zero-order chi connectivity index (χ0) is 28.7. The first-order valence-electron chi connectivity index (χ1n) is 12.5. The van der Waals surface area contributed by atoms with Crippen molar-refractivity contribution in [1.29, 1.82) is 0 Å². The van der Waals surface area contributed by atoms with Gasteiger partial charge in [-0.25, -0.2) is 4.79 Å². The predicted molar refractivity (Wildman–Crippen MR) is 140 cm³/mol. The Labute approximate surface area is 222 Å². The van der Waals surface area contributed by atoms with Crippen LogP contribution in [0.15, 0.2) is 58.9 Å². The molecule has 10 nitrogen and oxygen atoms in total. The van der Waals surface area contributed by atoms with Crippen LogP contribution in [0.2, 0.25) is 0 Å². The molecule has 1 aliphatic carbocycles. The molecule has 0 spiro atoms. The highest BCUT2D eigenvalue weighted by atomic mass is 16.6. The molecule has 7 unspecified atom stereocenters. The first kappa shape index (κ1) is 30.9. The van der Waals surface area contributed by atoms with Crippen LogP contribution in [0.4, 0.5) is 4.79 Å². The van der Waals surface area contributed by atoms with Gasteiger partial charge in [0.05, 0.1) is 24.0 Å². The minimum Gasteiger partial charge on any atom is -0.441 e. The van der Waals surface area contributed by atoms with E-state index in [9.17, 15) is 29.4 Å². The minimum atomic E-state index is -1.20. The van der Waals surface area contributed by atoms with Gasteiger partial charge >= 0.3 is 6.09 Å². The van der Waals surface area contributed by atoms with Gasteiger partial charge in [-0.15, -0.1) is 0 Å². The third-order valence-corrected chi connectivity index (χ3v) is 6.78. The number of nitrogens with one attached hydrogen (secondary N) is 1.